The number of nitrogens with one attached hydrogen (secondary N) is 2. The Kier molecular flexibility index (Phi) is 6.74. The lowest BCUT2D eigenvalue weighted by atomic mass is 9.99. The number of H-pyrrole nitrogens is 1. The van der Waals surface area contributed by atoms with E-state index in [-0.39, 0.29) is 17.5 Å². The fourth-order valence-corrected chi connectivity index (χ4v) is 3.88. The van der Waals surface area contributed by atoms with Crippen LogP contribution in [-0.4, -0.2) is 36.7 Å². The summed E-state index contributed by atoms with van der Waals surface area (Å²) >= 11 is 1.18. The first-order valence-corrected chi connectivity index (χ1v) is 11.5. The van der Waals surface area contributed by atoms with E-state index in [1.54, 1.807) is 18.2 Å². The van der Waals surface area contributed by atoms with E-state index >= 15 is 0 Å². The first kappa shape index (κ1) is 22.5. The molecule has 4 aromatic rings. The smallest absolute Gasteiger partial charge is 0.234 e. The summed E-state index contributed by atoms with van der Waals surface area (Å²) in [4.78, 5) is 12.4. The Balaban J connectivity index is 1.37. The maximum Gasteiger partial charge on any atom is 0.234 e. The van der Waals surface area contributed by atoms with Gasteiger partial charge in [0.15, 0.2) is 0 Å². The minimum absolute atomic E-state index is 0.131. The monoisotopic (exact) mass is 465 g/mol. The van der Waals surface area contributed by atoms with E-state index in [1.807, 2.05) is 24.3 Å². The average Bonchev–Trinajstić information content (AvgIpc) is 3.45. The first-order chi connectivity index (χ1) is 15.9. The Hall–Kier alpha value is -3.66. The summed E-state index contributed by atoms with van der Waals surface area (Å²) in [7, 11) is 0. The molecule has 4 N–H and O–H groups in total. The zero-order valence-corrected chi connectivity index (χ0v) is 19.1. The molecule has 0 bridgehead atoms. The van der Waals surface area contributed by atoms with Crippen LogP contribution < -0.4 is 11.2 Å². The summed E-state index contributed by atoms with van der Waals surface area (Å²) in [5.74, 6) is 6.65. The number of nitrogen functional groups attached to an aromatic ring is 1. The molecule has 0 aliphatic carbocycles. The molecule has 0 radical (unpaired) electrons. The minimum atomic E-state index is -0.315. The van der Waals surface area contributed by atoms with Crippen LogP contribution in [0.1, 0.15) is 31.7 Å². The second kappa shape index (κ2) is 9.86. The molecule has 0 saturated carbocycles. The zero-order chi connectivity index (χ0) is 23.4. The molecule has 8 nitrogen and oxygen atoms in total. The fourth-order valence-electron chi connectivity index (χ4n) is 3.22. The lowest BCUT2D eigenvalue weighted by Crippen LogP contribution is -2.16. The number of hydrogen-bond donors (Lipinski definition) is 3. The molecule has 1 amide bonds. The van der Waals surface area contributed by atoms with Crippen LogP contribution in [0.5, 0.6) is 0 Å². The molecule has 33 heavy (non-hydrogen) atoms. The number of carbonyl (C=O) groups excluding carboxylic acids is 1. The minimum Gasteiger partial charge on any atom is -0.335 e. The third kappa shape index (κ3) is 5.23. The molecule has 0 spiro atoms. The van der Waals surface area contributed by atoms with Crippen molar-refractivity contribution in [2.45, 2.75) is 31.3 Å². The highest BCUT2D eigenvalue weighted by molar-refractivity contribution is 7.99. The van der Waals surface area contributed by atoms with Crippen LogP contribution in [0.3, 0.4) is 0 Å². The molecule has 0 unspecified atom stereocenters. The van der Waals surface area contributed by atoms with Crippen LogP contribution >= 0.6 is 11.8 Å². The van der Waals surface area contributed by atoms with Gasteiger partial charge in [-0.3, -0.25) is 9.89 Å². The number of aromatic nitrogens is 5. The van der Waals surface area contributed by atoms with Gasteiger partial charge in [-0.2, -0.15) is 5.10 Å². The molecule has 0 aliphatic heterocycles. The van der Waals surface area contributed by atoms with Gasteiger partial charge in [-0.05, 0) is 60.4 Å². The van der Waals surface area contributed by atoms with Crippen molar-refractivity contribution in [2.24, 2.45) is 0 Å². The van der Waals surface area contributed by atoms with E-state index in [2.05, 4.69) is 39.6 Å². The van der Waals surface area contributed by atoms with Gasteiger partial charge < -0.3 is 11.2 Å². The van der Waals surface area contributed by atoms with Crippen LogP contribution in [0, 0.1) is 5.82 Å². The van der Waals surface area contributed by atoms with Crippen LogP contribution in [0.2, 0.25) is 0 Å². The predicted octanol–water partition coefficient (Wildman–Crippen LogP) is 4.43. The number of amides is 1. The van der Waals surface area contributed by atoms with Crippen LogP contribution in [0.15, 0.2) is 59.8 Å². The van der Waals surface area contributed by atoms with E-state index in [4.69, 9.17) is 5.84 Å². The van der Waals surface area contributed by atoms with Gasteiger partial charge in [-0.1, -0.05) is 37.7 Å². The second-order valence-corrected chi connectivity index (χ2v) is 8.56. The largest absolute Gasteiger partial charge is 0.335 e. The molecule has 2 aromatic carbocycles. The highest BCUT2D eigenvalue weighted by Crippen LogP contribution is 2.25. The normalized spacial score (nSPS) is 12.0. The number of benzene rings is 2. The Bertz CT molecular complexity index is 1230. The molecular weight excluding hydrogens is 441 g/mol. The Labute approximate surface area is 194 Å². The van der Waals surface area contributed by atoms with Crippen molar-refractivity contribution in [3.8, 4) is 22.8 Å². The summed E-state index contributed by atoms with van der Waals surface area (Å²) in [5.41, 5.74) is 3.93. The van der Waals surface area contributed by atoms with Gasteiger partial charge in [0.2, 0.25) is 16.9 Å². The third-order valence-electron chi connectivity index (χ3n) is 5.33. The molecule has 4 rings (SSSR count). The molecular formula is C23H24FN7OS. The Morgan fingerprint density at radius 3 is 2.61 bits per heavy atom. The van der Waals surface area contributed by atoms with Gasteiger partial charge in [0.1, 0.15) is 11.5 Å². The van der Waals surface area contributed by atoms with E-state index in [0.29, 0.717) is 28.3 Å². The average molecular weight is 466 g/mol. The van der Waals surface area contributed by atoms with Crippen LogP contribution in [0.25, 0.3) is 22.8 Å². The van der Waals surface area contributed by atoms with Gasteiger partial charge in [-0.25, -0.2) is 9.07 Å². The highest BCUT2D eigenvalue weighted by atomic mass is 32.2. The summed E-state index contributed by atoms with van der Waals surface area (Å²) in [6.45, 7) is 4.32. The molecule has 2 aromatic heterocycles. The number of hydrogen-bond acceptors (Lipinski definition) is 6. The van der Waals surface area contributed by atoms with Crippen molar-refractivity contribution in [3.63, 3.8) is 0 Å². The molecule has 2 heterocycles. The maximum atomic E-state index is 13.1. The topological polar surface area (TPSA) is 115 Å². The Morgan fingerprint density at radius 2 is 1.91 bits per heavy atom. The van der Waals surface area contributed by atoms with Crippen molar-refractivity contribution in [2.75, 3.05) is 16.9 Å². The van der Waals surface area contributed by atoms with Gasteiger partial charge in [-0.15, -0.1) is 10.2 Å². The van der Waals surface area contributed by atoms with Gasteiger partial charge >= 0.3 is 0 Å². The zero-order valence-electron chi connectivity index (χ0n) is 18.2. The molecule has 10 heteroatoms. The number of halogens is 1. The standard InChI is InChI=1S/C23H24FN7OS/c1-3-14(2)15-6-10-18(11-7-15)26-21(32)13-33-23-30-29-22(31(23)25)20-12-19(27-28-20)16-4-8-17(24)9-5-16/h4-12,14H,3,13,25H2,1-2H3,(H,26,32)(H,27,28)/t14-/m0/s1. The van der Waals surface area contributed by atoms with Crippen molar-refractivity contribution in [1.29, 1.82) is 0 Å². The number of aromatic amines is 1. The van der Waals surface area contributed by atoms with Crippen LogP contribution in [0.4, 0.5) is 10.1 Å². The van der Waals surface area contributed by atoms with Crippen molar-refractivity contribution in [3.05, 3.63) is 66.0 Å². The maximum absolute atomic E-state index is 13.1. The van der Waals surface area contributed by atoms with E-state index in [1.165, 1.54) is 34.1 Å². The summed E-state index contributed by atoms with van der Waals surface area (Å²) in [5, 5.41) is 18.6. The predicted molar refractivity (Wildman–Crippen MR) is 128 cm³/mol. The molecule has 170 valence electrons. The lowest BCUT2D eigenvalue weighted by molar-refractivity contribution is -0.113. The number of rotatable bonds is 8. The number of nitrogens with two attached hydrogens (primary N) is 1. The Morgan fingerprint density at radius 1 is 1.18 bits per heavy atom. The SMILES string of the molecule is CC[C@H](C)c1ccc(NC(=O)CSc2nnc(-c3cc(-c4ccc(F)cc4)n[nH]3)n2N)cc1. The molecule has 0 saturated heterocycles. The second-order valence-electron chi connectivity index (χ2n) is 7.62. The van der Waals surface area contributed by atoms with E-state index in [0.717, 1.165) is 17.7 Å². The molecule has 0 aliphatic rings. The van der Waals surface area contributed by atoms with Gasteiger partial charge in [0, 0.05) is 11.3 Å². The van der Waals surface area contributed by atoms with E-state index in [9.17, 15) is 9.18 Å². The highest BCUT2D eigenvalue weighted by Gasteiger charge is 2.16. The van der Waals surface area contributed by atoms with Crippen molar-refractivity contribution in [1.82, 2.24) is 25.1 Å². The lowest BCUT2D eigenvalue weighted by Gasteiger charge is -2.10. The third-order valence-corrected chi connectivity index (χ3v) is 6.27. The molecule has 1 atom stereocenters. The number of nitrogens with zero attached hydrogens (tertiary/aromatic N) is 4. The summed E-state index contributed by atoms with van der Waals surface area (Å²) in [6.07, 6.45) is 1.07. The quantitative estimate of drug-likeness (QED) is 0.262. The number of thioether (sulfide) groups is 1. The summed E-state index contributed by atoms with van der Waals surface area (Å²) in [6, 6.07) is 15.7. The summed E-state index contributed by atoms with van der Waals surface area (Å²) < 4.78 is 14.4. The fraction of sp³-hybridized carbons (Fsp3) is 0.217. The molecule has 0 fully saturated rings. The van der Waals surface area contributed by atoms with Crippen molar-refractivity contribution < 1.29 is 9.18 Å². The first-order valence-electron chi connectivity index (χ1n) is 10.5. The van der Waals surface area contributed by atoms with Gasteiger partial charge in [0.25, 0.3) is 0 Å². The van der Waals surface area contributed by atoms with Gasteiger partial charge in [0.05, 0.1) is 11.4 Å². The van der Waals surface area contributed by atoms with Crippen LogP contribution in [-0.2, 0) is 4.79 Å². The van der Waals surface area contributed by atoms with Crippen molar-refractivity contribution >= 4 is 23.4 Å². The number of anilines is 1. The number of carbonyl (C=O) groups is 1. The van der Waals surface area contributed by atoms with E-state index < -0.39 is 0 Å².